The number of rotatable bonds is 8. The molecule has 0 aliphatic carbocycles. The van der Waals surface area contributed by atoms with Crippen LogP contribution in [0.1, 0.15) is 23.2 Å². The van der Waals surface area contributed by atoms with Gasteiger partial charge in [-0.3, -0.25) is 4.79 Å². The molecule has 0 heterocycles. The zero-order valence-corrected chi connectivity index (χ0v) is 11.9. The Balaban J connectivity index is 2.33. The molecule has 118 valence electrons. The van der Waals surface area contributed by atoms with Crippen LogP contribution in [0.5, 0.6) is 0 Å². The second-order valence-corrected chi connectivity index (χ2v) is 5.58. The lowest BCUT2D eigenvalue weighted by atomic mass is 10.1. The minimum Gasteiger partial charge on any atom is -0.282 e. The van der Waals surface area contributed by atoms with Gasteiger partial charge in [0, 0.05) is 17.7 Å². The summed E-state index contributed by atoms with van der Waals surface area (Å²) in [6.45, 7) is -2.01. The fraction of sp³-hybridized carbons (Fsp3) is 0.500. The molecule has 0 N–H and O–H groups in total. The summed E-state index contributed by atoms with van der Waals surface area (Å²) in [6.07, 6.45) is -6.45. The molecule has 0 fully saturated rings. The first-order valence-electron chi connectivity index (χ1n) is 6.30. The van der Waals surface area contributed by atoms with Crippen molar-refractivity contribution in [2.75, 3.05) is 12.4 Å². The maximum absolute atomic E-state index is 13.4. The number of benzene rings is 1. The van der Waals surface area contributed by atoms with Crippen LogP contribution in [0.25, 0.3) is 0 Å². The summed E-state index contributed by atoms with van der Waals surface area (Å²) in [5.74, 6) is -3.88. The summed E-state index contributed by atoms with van der Waals surface area (Å²) in [5.41, 5.74) is 0.429. The summed E-state index contributed by atoms with van der Waals surface area (Å²) in [6, 6.07) is 8.24. The van der Waals surface area contributed by atoms with Gasteiger partial charge >= 0.3 is 0 Å². The van der Waals surface area contributed by atoms with E-state index in [1.54, 1.807) is 30.3 Å². The summed E-state index contributed by atoms with van der Waals surface area (Å²) in [5, 5.41) is -0.299. The predicted octanol–water partition coefficient (Wildman–Crippen LogP) is 4.62. The molecule has 0 spiro atoms. The van der Waals surface area contributed by atoms with Crippen LogP contribution < -0.4 is 0 Å². The number of thioether (sulfide) groups is 1. The van der Waals surface area contributed by atoms with E-state index in [0.29, 0.717) is 5.56 Å². The van der Waals surface area contributed by atoms with Crippen LogP contribution in [-0.4, -0.2) is 35.8 Å². The molecule has 0 saturated carbocycles. The molecule has 0 aromatic heterocycles. The topological polar surface area (TPSA) is 17.1 Å². The molecule has 1 aromatic carbocycles. The minimum absolute atomic E-state index is 0.0312. The van der Waals surface area contributed by atoms with Crippen LogP contribution in [0.4, 0.5) is 22.0 Å². The highest BCUT2D eigenvalue weighted by Crippen LogP contribution is 2.26. The molecule has 1 aromatic rings. The molecule has 0 bridgehead atoms. The molecule has 7 heteroatoms. The Labute approximate surface area is 123 Å². The van der Waals surface area contributed by atoms with Crippen molar-refractivity contribution in [3.63, 3.8) is 0 Å². The van der Waals surface area contributed by atoms with E-state index in [1.165, 1.54) is 0 Å². The van der Waals surface area contributed by atoms with E-state index in [1.807, 2.05) is 0 Å². The monoisotopic (exact) mass is 326 g/mol. The highest BCUT2D eigenvalue weighted by molar-refractivity contribution is 8.14. The van der Waals surface area contributed by atoms with E-state index in [4.69, 9.17) is 0 Å². The Morgan fingerprint density at radius 3 is 2.33 bits per heavy atom. The van der Waals surface area contributed by atoms with Crippen molar-refractivity contribution in [3.8, 4) is 0 Å². The predicted molar refractivity (Wildman–Crippen MR) is 73.2 cm³/mol. The number of carbonyl (C=O) groups excluding carboxylic acids is 1. The SMILES string of the molecule is O=C(SCCC(F)C(F)CC(F)(F)CF)c1ccccc1. The van der Waals surface area contributed by atoms with Gasteiger partial charge in [-0.1, -0.05) is 42.1 Å². The second kappa shape index (κ2) is 8.36. The van der Waals surface area contributed by atoms with Gasteiger partial charge in [-0.25, -0.2) is 22.0 Å². The molecule has 1 nitrogen and oxygen atoms in total. The Kier molecular flexibility index (Phi) is 7.14. The van der Waals surface area contributed by atoms with Crippen molar-refractivity contribution < 1.29 is 26.7 Å². The molecule has 1 rings (SSSR count). The summed E-state index contributed by atoms with van der Waals surface area (Å²) < 4.78 is 63.6. The third-order valence-corrected chi connectivity index (χ3v) is 3.66. The van der Waals surface area contributed by atoms with E-state index in [-0.39, 0.29) is 17.3 Å². The lowest BCUT2D eigenvalue weighted by Crippen LogP contribution is -2.29. The smallest absolute Gasteiger partial charge is 0.278 e. The van der Waals surface area contributed by atoms with E-state index in [2.05, 4.69) is 0 Å². The lowest BCUT2D eigenvalue weighted by molar-refractivity contribution is -0.0581. The van der Waals surface area contributed by atoms with Crippen molar-refractivity contribution in [1.29, 1.82) is 0 Å². The van der Waals surface area contributed by atoms with Crippen LogP contribution in [0, 0.1) is 0 Å². The van der Waals surface area contributed by atoms with Gasteiger partial charge < -0.3 is 0 Å². The lowest BCUT2D eigenvalue weighted by Gasteiger charge is -2.18. The maximum Gasteiger partial charge on any atom is 0.278 e. The first kappa shape index (κ1) is 17.9. The number of carbonyl (C=O) groups is 1. The standard InChI is InChI=1S/C14H15F5OS/c15-9-14(18,19)8-12(17)11(16)6-7-21-13(20)10-4-2-1-3-5-10/h1-5,11-12H,6-9H2. The Morgan fingerprint density at radius 1 is 1.14 bits per heavy atom. The zero-order valence-electron chi connectivity index (χ0n) is 11.1. The van der Waals surface area contributed by atoms with Crippen LogP contribution in [-0.2, 0) is 0 Å². The van der Waals surface area contributed by atoms with Gasteiger partial charge in [-0.05, 0) is 6.42 Å². The average molecular weight is 326 g/mol. The van der Waals surface area contributed by atoms with Crippen molar-refractivity contribution >= 4 is 16.9 Å². The van der Waals surface area contributed by atoms with Gasteiger partial charge in [0.1, 0.15) is 12.3 Å². The fourth-order valence-electron chi connectivity index (χ4n) is 1.57. The molecule has 21 heavy (non-hydrogen) atoms. The molecule has 0 radical (unpaired) electrons. The Hall–Kier alpha value is -1.11. The van der Waals surface area contributed by atoms with Crippen molar-refractivity contribution in [2.45, 2.75) is 31.1 Å². The molecule has 2 atom stereocenters. The van der Waals surface area contributed by atoms with Gasteiger partial charge in [0.15, 0.2) is 6.67 Å². The van der Waals surface area contributed by atoms with Crippen LogP contribution in [0.2, 0.25) is 0 Å². The van der Waals surface area contributed by atoms with Crippen LogP contribution in [0.3, 0.4) is 0 Å². The van der Waals surface area contributed by atoms with E-state index >= 15 is 0 Å². The van der Waals surface area contributed by atoms with Crippen LogP contribution in [0.15, 0.2) is 30.3 Å². The van der Waals surface area contributed by atoms with Gasteiger partial charge in [0.25, 0.3) is 5.92 Å². The maximum atomic E-state index is 13.4. The Bertz CT molecular complexity index is 440. The van der Waals surface area contributed by atoms with Gasteiger partial charge in [-0.2, -0.15) is 0 Å². The molecule has 0 amide bonds. The van der Waals surface area contributed by atoms with Gasteiger partial charge in [-0.15, -0.1) is 0 Å². The fourth-order valence-corrected chi connectivity index (χ4v) is 2.40. The molecule has 0 aliphatic heterocycles. The quantitative estimate of drug-likeness (QED) is 0.648. The number of alkyl halides is 5. The van der Waals surface area contributed by atoms with Crippen molar-refractivity contribution in [1.82, 2.24) is 0 Å². The van der Waals surface area contributed by atoms with E-state index in [9.17, 15) is 26.7 Å². The van der Waals surface area contributed by atoms with Gasteiger partial charge in [0.05, 0.1) is 0 Å². The molecular formula is C14H15F5OS. The molecule has 2 unspecified atom stereocenters. The summed E-state index contributed by atoms with van der Waals surface area (Å²) >= 11 is 0.792. The van der Waals surface area contributed by atoms with Crippen molar-refractivity contribution in [2.24, 2.45) is 0 Å². The molecule has 0 aliphatic rings. The number of halogens is 5. The Morgan fingerprint density at radius 2 is 1.76 bits per heavy atom. The largest absolute Gasteiger partial charge is 0.282 e. The van der Waals surface area contributed by atoms with Gasteiger partial charge in [0.2, 0.25) is 5.12 Å². The first-order valence-corrected chi connectivity index (χ1v) is 7.28. The third kappa shape index (κ3) is 6.46. The second-order valence-electron chi connectivity index (χ2n) is 4.52. The summed E-state index contributed by atoms with van der Waals surface area (Å²) in [4.78, 5) is 11.6. The molecule has 0 saturated heterocycles. The normalized spacial score (nSPS) is 14.7. The average Bonchev–Trinajstić information content (AvgIpc) is 2.47. The highest BCUT2D eigenvalue weighted by atomic mass is 32.2. The summed E-state index contributed by atoms with van der Waals surface area (Å²) in [7, 11) is 0. The minimum atomic E-state index is -3.85. The van der Waals surface area contributed by atoms with Crippen LogP contribution >= 0.6 is 11.8 Å². The number of hydrogen-bond donors (Lipinski definition) is 0. The third-order valence-electron chi connectivity index (χ3n) is 2.72. The zero-order chi connectivity index (χ0) is 15.9. The molecular weight excluding hydrogens is 311 g/mol. The number of hydrogen-bond acceptors (Lipinski definition) is 2. The van der Waals surface area contributed by atoms with Crippen molar-refractivity contribution in [3.05, 3.63) is 35.9 Å². The highest BCUT2D eigenvalue weighted by Gasteiger charge is 2.36. The first-order chi connectivity index (χ1) is 9.85. The van der Waals surface area contributed by atoms with E-state index in [0.717, 1.165) is 11.8 Å². The van der Waals surface area contributed by atoms with E-state index < -0.39 is 31.4 Å².